The normalized spacial score (nSPS) is 11.5. The second-order valence-corrected chi connectivity index (χ2v) is 7.07. The number of hydrogen-bond donors (Lipinski definition) is 0. The van der Waals surface area contributed by atoms with Crippen LogP contribution < -0.4 is 4.74 Å². The van der Waals surface area contributed by atoms with Crippen molar-refractivity contribution in [3.63, 3.8) is 0 Å². The fraction of sp³-hybridized carbons (Fsp3) is 0.111. The van der Waals surface area contributed by atoms with Crippen LogP contribution in [-0.2, 0) is 9.84 Å². The van der Waals surface area contributed by atoms with E-state index in [0.29, 0.717) is 10.6 Å². The van der Waals surface area contributed by atoms with Crippen LogP contribution in [0.1, 0.15) is 0 Å². The van der Waals surface area contributed by atoms with Gasteiger partial charge in [0.2, 0.25) is 0 Å². The van der Waals surface area contributed by atoms with Crippen molar-refractivity contribution in [2.24, 2.45) is 0 Å². The maximum Gasteiger partial charge on any atom is 0.181 e. The SMILES string of the molecule is O=S(=O)(CCOc1cccc2ccccc12)c1ccccc1. The standard InChI is InChI=1S/C18H16O3S/c19-22(20,16-9-2-1-3-10-16)14-13-21-18-12-6-8-15-7-4-5-11-17(15)18/h1-12H,13-14H2. The van der Waals surface area contributed by atoms with Crippen LogP contribution in [0, 0.1) is 0 Å². The predicted molar refractivity (Wildman–Crippen MR) is 87.9 cm³/mol. The fourth-order valence-electron chi connectivity index (χ4n) is 2.33. The molecule has 0 amide bonds. The third-order valence-corrected chi connectivity index (χ3v) is 5.16. The van der Waals surface area contributed by atoms with Crippen LogP contribution in [0.5, 0.6) is 5.75 Å². The van der Waals surface area contributed by atoms with E-state index in [4.69, 9.17) is 4.74 Å². The van der Waals surface area contributed by atoms with Crippen LogP contribution in [0.4, 0.5) is 0 Å². The Morgan fingerprint density at radius 3 is 2.27 bits per heavy atom. The second kappa shape index (κ2) is 6.20. The summed E-state index contributed by atoms with van der Waals surface area (Å²) in [5.41, 5.74) is 0. The summed E-state index contributed by atoms with van der Waals surface area (Å²) < 4.78 is 30.1. The summed E-state index contributed by atoms with van der Waals surface area (Å²) in [4.78, 5) is 0.330. The molecule has 0 aliphatic rings. The third kappa shape index (κ3) is 3.12. The number of rotatable bonds is 5. The molecule has 0 saturated heterocycles. The van der Waals surface area contributed by atoms with Gasteiger partial charge in [0.15, 0.2) is 9.84 Å². The summed E-state index contributed by atoms with van der Waals surface area (Å²) in [7, 11) is -3.31. The molecule has 0 bridgehead atoms. The van der Waals surface area contributed by atoms with Crippen molar-refractivity contribution < 1.29 is 13.2 Å². The smallest absolute Gasteiger partial charge is 0.181 e. The van der Waals surface area contributed by atoms with E-state index in [1.807, 2.05) is 42.5 Å². The minimum absolute atomic E-state index is 0.0414. The van der Waals surface area contributed by atoms with Gasteiger partial charge < -0.3 is 4.74 Å². The minimum atomic E-state index is -3.31. The number of benzene rings is 3. The molecule has 0 aromatic heterocycles. The minimum Gasteiger partial charge on any atom is -0.492 e. The maximum absolute atomic E-state index is 12.2. The highest BCUT2D eigenvalue weighted by atomic mass is 32.2. The lowest BCUT2D eigenvalue weighted by molar-refractivity contribution is 0.345. The molecule has 0 radical (unpaired) electrons. The summed E-state index contributed by atoms with van der Waals surface area (Å²) in [5.74, 6) is 0.668. The molecule has 0 spiro atoms. The van der Waals surface area contributed by atoms with E-state index >= 15 is 0 Å². The molecule has 3 rings (SSSR count). The summed E-state index contributed by atoms with van der Waals surface area (Å²) in [6.45, 7) is 0.130. The van der Waals surface area contributed by atoms with Crippen LogP contribution in [0.15, 0.2) is 77.7 Å². The molecule has 0 N–H and O–H groups in total. The average molecular weight is 312 g/mol. The van der Waals surface area contributed by atoms with E-state index in [2.05, 4.69) is 0 Å². The van der Waals surface area contributed by atoms with Gasteiger partial charge in [-0.1, -0.05) is 54.6 Å². The van der Waals surface area contributed by atoms with Crippen LogP contribution in [-0.4, -0.2) is 20.8 Å². The zero-order chi connectivity index (χ0) is 15.4. The second-order valence-electron chi connectivity index (χ2n) is 4.96. The first-order chi connectivity index (χ1) is 10.7. The van der Waals surface area contributed by atoms with Crippen molar-refractivity contribution >= 4 is 20.6 Å². The molecule has 0 unspecified atom stereocenters. The first kappa shape index (κ1) is 14.6. The van der Waals surface area contributed by atoms with Crippen molar-refractivity contribution in [1.29, 1.82) is 0 Å². The fourth-order valence-corrected chi connectivity index (χ4v) is 3.44. The van der Waals surface area contributed by atoms with Gasteiger partial charge in [-0.25, -0.2) is 8.42 Å². The van der Waals surface area contributed by atoms with Crippen LogP contribution >= 0.6 is 0 Å². The summed E-state index contributed by atoms with van der Waals surface area (Å²) in [6.07, 6.45) is 0. The first-order valence-corrected chi connectivity index (χ1v) is 8.70. The van der Waals surface area contributed by atoms with Gasteiger partial charge in [0.25, 0.3) is 0 Å². The van der Waals surface area contributed by atoms with Crippen LogP contribution in [0.25, 0.3) is 10.8 Å². The Labute approximate surface area is 130 Å². The maximum atomic E-state index is 12.2. The summed E-state index contributed by atoms with van der Waals surface area (Å²) in [6, 6.07) is 22.1. The van der Waals surface area contributed by atoms with Gasteiger partial charge >= 0.3 is 0 Å². The quantitative estimate of drug-likeness (QED) is 0.721. The van der Waals surface area contributed by atoms with Crippen molar-refractivity contribution in [3.8, 4) is 5.75 Å². The zero-order valence-electron chi connectivity index (χ0n) is 12.0. The molecule has 112 valence electrons. The number of hydrogen-bond acceptors (Lipinski definition) is 3. The molecule has 3 nitrogen and oxygen atoms in total. The Balaban J connectivity index is 1.73. The monoisotopic (exact) mass is 312 g/mol. The van der Waals surface area contributed by atoms with Gasteiger partial charge in [-0.05, 0) is 23.6 Å². The molecule has 3 aromatic carbocycles. The van der Waals surface area contributed by atoms with E-state index in [9.17, 15) is 8.42 Å². The first-order valence-electron chi connectivity index (χ1n) is 7.05. The molecule has 0 aliphatic heterocycles. The van der Waals surface area contributed by atoms with E-state index in [1.54, 1.807) is 30.3 Å². The molecule has 22 heavy (non-hydrogen) atoms. The van der Waals surface area contributed by atoms with Gasteiger partial charge in [0.1, 0.15) is 12.4 Å². The molecular formula is C18H16O3S. The molecule has 0 heterocycles. The number of sulfone groups is 1. The zero-order valence-corrected chi connectivity index (χ0v) is 12.8. The molecule has 0 aliphatic carbocycles. The molecule has 0 fully saturated rings. The lowest BCUT2D eigenvalue weighted by Gasteiger charge is -2.10. The highest BCUT2D eigenvalue weighted by Gasteiger charge is 2.14. The molecular weight excluding hydrogens is 296 g/mol. The van der Waals surface area contributed by atoms with Crippen LogP contribution in [0.2, 0.25) is 0 Å². The van der Waals surface area contributed by atoms with E-state index in [1.165, 1.54) is 0 Å². The van der Waals surface area contributed by atoms with Crippen LogP contribution in [0.3, 0.4) is 0 Å². The lowest BCUT2D eigenvalue weighted by Crippen LogP contribution is -2.14. The highest BCUT2D eigenvalue weighted by molar-refractivity contribution is 7.91. The van der Waals surface area contributed by atoms with Gasteiger partial charge in [-0.2, -0.15) is 0 Å². The van der Waals surface area contributed by atoms with Gasteiger partial charge in [0, 0.05) is 5.39 Å². The van der Waals surface area contributed by atoms with E-state index < -0.39 is 9.84 Å². The molecule has 0 atom stereocenters. The van der Waals surface area contributed by atoms with Gasteiger partial charge in [-0.15, -0.1) is 0 Å². The van der Waals surface area contributed by atoms with Crippen molar-refractivity contribution in [3.05, 3.63) is 72.8 Å². The Bertz CT molecular complexity index is 866. The van der Waals surface area contributed by atoms with Gasteiger partial charge in [0.05, 0.1) is 10.6 Å². The van der Waals surface area contributed by atoms with E-state index in [-0.39, 0.29) is 12.4 Å². The third-order valence-electron chi connectivity index (χ3n) is 3.46. The van der Waals surface area contributed by atoms with Gasteiger partial charge in [-0.3, -0.25) is 0 Å². The van der Waals surface area contributed by atoms with E-state index in [0.717, 1.165) is 10.8 Å². The Morgan fingerprint density at radius 2 is 1.45 bits per heavy atom. The Morgan fingerprint density at radius 1 is 0.773 bits per heavy atom. The summed E-state index contributed by atoms with van der Waals surface area (Å²) in [5, 5.41) is 2.06. The molecule has 0 saturated carbocycles. The average Bonchev–Trinajstić information content (AvgIpc) is 2.56. The highest BCUT2D eigenvalue weighted by Crippen LogP contribution is 2.25. The van der Waals surface area contributed by atoms with Crippen molar-refractivity contribution in [2.45, 2.75) is 4.90 Å². The summed E-state index contributed by atoms with van der Waals surface area (Å²) >= 11 is 0. The molecule has 3 aromatic rings. The predicted octanol–water partition coefficient (Wildman–Crippen LogP) is 3.69. The largest absolute Gasteiger partial charge is 0.492 e. The lowest BCUT2D eigenvalue weighted by atomic mass is 10.1. The molecule has 4 heteroatoms. The topological polar surface area (TPSA) is 43.4 Å². The van der Waals surface area contributed by atoms with Crippen molar-refractivity contribution in [1.82, 2.24) is 0 Å². The number of fused-ring (bicyclic) bond motifs is 1. The number of ether oxygens (including phenoxy) is 1. The van der Waals surface area contributed by atoms with Crippen molar-refractivity contribution in [2.75, 3.05) is 12.4 Å². The Hall–Kier alpha value is -2.33. The Kier molecular flexibility index (Phi) is 4.11.